The molecule has 0 bridgehead atoms. The number of likely N-dealkylation sites (tertiary alicyclic amines) is 1. The van der Waals surface area contributed by atoms with Crippen molar-refractivity contribution in [3.8, 4) is 0 Å². The Hall–Kier alpha value is -1.38. The van der Waals surface area contributed by atoms with Gasteiger partial charge in [0.1, 0.15) is 0 Å². The molecule has 2 nitrogen and oxygen atoms in total. The zero-order valence-corrected chi connectivity index (χ0v) is 16.6. The van der Waals surface area contributed by atoms with Crippen LogP contribution in [0.25, 0.3) is 10.8 Å². The van der Waals surface area contributed by atoms with Gasteiger partial charge >= 0.3 is 0 Å². The number of piperidine rings is 1. The second-order valence-corrected chi connectivity index (χ2v) is 7.87. The third-order valence-corrected chi connectivity index (χ3v) is 5.81. The van der Waals surface area contributed by atoms with Crippen LogP contribution in [0.1, 0.15) is 57.4 Å². The maximum absolute atomic E-state index is 2.67. The molecule has 26 heavy (non-hydrogen) atoms. The molecule has 0 spiro atoms. The first-order chi connectivity index (χ1) is 12.8. The number of rotatable bonds is 10. The summed E-state index contributed by atoms with van der Waals surface area (Å²) in [6.07, 6.45) is 9.77. The molecule has 0 unspecified atom stereocenters. The minimum Gasteiger partial charge on any atom is -0.303 e. The molecule has 0 amide bonds. The molecule has 1 saturated heterocycles. The maximum atomic E-state index is 2.67. The van der Waals surface area contributed by atoms with Gasteiger partial charge in [-0.1, -0.05) is 62.6 Å². The Morgan fingerprint density at radius 3 is 2.42 bits per heavy atom. The highest BCUT2D eigenvalue weighted by molar-refractivity contribution is 5.82. The van der Waals surface area contributed by atoms with E-state index in [4.69, 9.17) is 0 Å². The summed E-state index contributed by atoms with van der Waals surface area (Å²) in [5.41, 5.74) is 1.44. The van der Waals surface area contributed by atoms with Crippen LogP contribution >= 0.6 is 0 Å². The van der Waals surface area contributed by atoms with E-state index in [1.54, 1.807) is 0 Å². The molecule has 0 aliphatic carbocycles. The zero-order valence-electron chi connectivity index (χ0n) is 16.6. The van der Waals surface area contributed by atoms with Gasteiger partial charge in [-0.2, -0.15) is 0 Å². The number of unbranched alkanes of at least 4 members (excludes halogenated alkanes) is 3. The molecule has 0 atom stereocenters. The van der Waals surface area contributed by atoms with Crippen LogP contribution in [0.4, 0.5) is 0 Å². The number of hydrogen-bond acceptors (Lipinski definition) is 2. The Bertz CT molecular complexity index is 645. The van der Waals surface area contributed by atoms with Crippen molar-refractivity contribution in [2.24, 2.45) is 0 Å². The topological polar surface area (TPSA) is 6.48 Å². The van der Waals surface area contributed by atoms with Crippen LogP contribution in [-0.2, 0) is 6.54 Å². The Balaban J connectivity index is 1.34. The quantitative estimate of drug-likeness (QED) is 0.505. The van der Waals surface area contributed by atoms with E-state index in [0.29, 0.717) is 0 Å². The minimum absolute atomic E-state index is 1.08. The summed E-state index contributed by atoms with van der Waals surface area (Å²) in [5.74, 6) is 0. The van der Waals surface area contributed by atoms with Crippen LogP contribution in [0.3, 0.4) is 0 Å². The molecule has 1 aliphatic rings. The van der Waals surface area contributed by atoms with Gasteiger partial charge in [0, 0.05) is 6.54 Å². The summed E-state index contributed by atoms with van der Waals surface area (Å²) in [4.78, 5) is 5.26. The first kappa shape index (κ1) is 19.4. The summed E-state index contributed by atoms with van der Waals surface area (Å²) < 4.78 is 0. The average Bonchev–Trinajstić information content (AvgIpc) is 2.70. The first-order valence-corrected chi connectivity index (χ1v) is 10.8. The highest BCUT2D eigenvalue weighted by Gasteiger charge is 2.09. The van der Waals surface area contributed by atoms with Gasteiger partial charge in [0.25, 0.3) is 0 Å². The van der Waals surface area contributed by atoms with Crippen molar-refractivity contribution in [1.29, 1.82) is 0 Å². The zero-order chi connectivity index (χ0) is 18.0. The second kappa shape index (κ2) is 10.7. The Labute approximate surface area is 160 Å². The van der Waals surface area contributed by atoms with Crippen molar-refractivity contribution in [3.63, 3.8) is 0 Å². The van der Waals surface area contributed by atoms with Crippen molar-refractivity contribution in [2.45, 2.75) is 58.4 Å². The lowest BCUT2D eigenvalue weighted by atomic mass is 10.1. The summed E-state index contributed by atoms with van der Waals surface area (Å²) in [6, 6.07) is 15.6. The Morgan fingerprint density at radius 2 is 1.62 bits per heavy atom. The molecule has 2 aromatic carbocycles. The lowest BCUT2D eigenvalue weighted by Crippen LogP contribution is -2.30. The van der Waals surface area contributed by atoms with Crippen molar-refractivity contribution < 1.29 is 0 Å². The van der Waals surface area contributed by atoms with Gasteiger partial charge in [0.2, 0.25) is 0 Å². The van der Waals surface area contributed by atoms with E-state index in [9.17, 15) is 0 Å². The van der Waals surface area contributed by atoms with E-state index >= 15 is 0 Å². The highest BCUT2D eigenvalue weighted by Crippen LogP contribution is 2.17. The first-order valence-electron chi connectivity index (χ1n) is 10.8. The Morgan fingerprint density at radius 1 is 0.846 bits per heavy atom. The van der Waals surface area contributed by atoms with Crippen molar-refractivity contribution in [2.75, 3.05) is 32.7 Å². The molecule has 2 aromatic rings. The Kier molecular flexibility index (Phi) is 7.97. The van der Waals surface area contributed by atoms with Crippen LogP contribution in [0, 0.1) is 0 Å². The third-order valence-electron chi connectivity index (χ3n) is 5.81. The standard InChI is InChI=1S/C24H36N2/c1-2-25(16-8-3-4-9-17-26-18-10-5-11-19-26)21-22-14-15-23-12-6-7-13-24(23)20-22/h6-7,12-15,20H,2-5,8-11,16-19,21H2,1H3. The van der Waals surface area contributed by atoms with Crippen LogP contribution in [0.15, 0.2) is 42.5 Å². The SMILES string of the molecule is CCN(CCCCCCN1CCCCC1)Cc1ccc2ccccc2c1. The number of benzene rings is 2. The van der Waals surface area contributed by atoms with Gasteiger partial charge in [-0.05, 0) is 80.8 Å². The fourth-order valence-corrected chi connectivity index (χ4v) is 4.15. The smallest absolute Gasteiger partial charge is 0.0233 e. The fraction of sp³-hybridized carbons (Fsp3) is 0.583. The van der Waals surface area contributed by atoms with E-state index in [1.165, 1.54) is 87.5 Å². The molecular weight excluding hydrogens is 316 g/mol. The van der Waals surface area contributed by atoms with Gasteiger partial charge in [0.05, 0.1) is 0 Å². The van der Waals surface area contributed by atoms with E-state index in [2.05, 4.69) is 59.2 Å². The highest BCUT2D eigenvalue weighted by atomic mass is 15.1. The summed E-state index contributed by atoms with van der Waals surface area (Å²) in [6.45, 7) is 9.75. The summed E-state index contributed by atoms with van der Waals surface area (Å²) in [7, 11) is 0. The minimum atomic E-state index is 1.08. The predicted octanol–water partition coefficient (Wildman–Crippen LogP) is 5.71. The predicted molar refractivity (Wildman–Crippen MR) is 114 cm³/mol. The molecule has 0 N–H and O–H groups in total. The molecule has 1 aliphatic heterocycles. The van der Waals surface area contributed by atoms with E-state index in [0.717, 1.165) is 13.1 Å². The molecule has 1 heterocycles. The van der Waals surface area contributed by atoms with Gasteiger partial charge in [-0.3, -0.25) is 4.90 Å². The molecule has 3 rings (SSSR count). The maximum Gasteiger partial charge on any atom is 0.0233 e. The van der Waals surface area contributed by atoms with Crippen LogP contribution in [-0.4, -0.2) is 42.5 Å². The molecule has 2 heteroatoms. The second-order valence-electron chi connectivity index (χ2n) is 7.87. The fourth-order valence-electron chi connectivity index (χ4n) is 4.15. The van der Waals surface area contributed by atoms with Gasteiger partial charge in [-0.15, -0.1) is 0 Å². The third kappa shape index (κ3) is 6.10. The van der Waals surface area contributed by atoms with Crippen LogP contribution in [0.5, 0.6) is 0 Å². The molecule has 0 radical (unpaired) electrons. The van der Waals surface area contributed by atoms with Gasteiger partial charge < -0.3 is 4.90 Å². The van der Waals surface area contributed by atoms with Crippen LogP contribution in [0.2, 0.25) is 0 Å². The largest absolute Gasteiger partial charge is 0.303 e. The van der Waals surface area contributed by atoms with Crippen molar-refractivity contribution >= 4 is 10.8 Å². The lowest BCUT2D eigenvalue weighted by Gasteiger charge is -2.26. The van der Waals surface area contributed by atoms with Crippen LogP contribution < -0.4 is 0 Å². The number of hydrogen-bond donors (Lipinski definition) is 0. The average molecular weight is 353 g/mol. The molecule has 142 valence electrons. The monoisotopic (exact) mass is 352 g/mol. The van der Waals surface area contributed by atoms with E-state index < -0.39 is 0 Å². The molecule has 1 fully saturated rings. The van der Waals surface area contributed by atoms with Crippen molar-refractivity contribution in [1.82, 2.24) is 9.80 Å². The van der Waals surface area contributed by atoms with E-state index in [-0.39, 0.29) is 0 Å². The molecule has 0 saturated carbocycles. The number of nitrogens with zero attached hydrogens (tertiary/aromatic N) is 2. The number of fused-ring (bicyclic) bond motifs is 1. The van der Waals surface area contributed by atoms with Gasteiger partial charge in [-0.25, -0.2) is 0 Å². The summed E-state index contributed by atoms with van der Waals surface area (Å²) >= 11 is 0. The lowest BCUT2D eigenvalue weighted by molar-refractivity contribution is 0.222. The summed E-state index contributed by atoms with van der Waals surface area (Å²) in [5, 5.41) is 2.70. The normalized spacial score (nSPS) is 15.8. The van der Waals surface area contributed by atoms with E-state index in [1.807, 2.05) is 0 Å². The molecule has 0 aromatic heterocycles. The van der Waals surface area contributed by atoms with Crippen molar-refractivity contribution in [3.05, 3.63) is 48.0 Å². The molecular formula is C24H36N2. The van der Waals surface area contributed by atoms with Gasteiger partial charge in [0.15, 0.2) is 0 Å².